The average molecular weight is 342 g/mol. The zero-order valence-corrected chi connectivity index (χ0v) is 13.4. The molecule has 0 aliphatic carbocycles. The van der Waals surface area contributed by atoms with E-state index < -0.39 is 11.8 Å². The van der Waals surface area contributed by atoms with Crippen LogP contribution in [0.2, 0.25) is 5.02 Å². The first-order valence-electron chi connectivity index (χ1n) is 7.01. The van der Waals surface area contributed by atoms with E-state index in [2.05, 4.69) is 20.3 Å². The normalized spacial score (nSPS) is 12.0. The molecular weight excluding hydrogens is 330 g/mol. The third kappa shape index (κ3) is 2.77. The number of amides is 1. The van der Waals surface area contributed by atoms with Crippen molar-refractivity contribution in [1.82, 2.24) is 25.0 Å². The van der Waals surface area contributed by atoms with Gasteiger partial charge in [0.15, 0.2) is 17.1 Å². The summed E-state index contributed by atoms with van der Waals surface area (Å²) < 4.78 is 1.55. The van der Waals surface area contributed by atoms with Crippen LogP contribution in [0.15, 0.2) is 24.3 Å². The molecule has 0 radical (unpaired) electrons. The van der Waals surface area contributed by atoms with Crippen molar-refractivity contribution in [2.75, 3.05) is 0 Å². The van der Waals surface area contributed by atoms with E-state index in [-0.39, 0.29) is 11.2 Å². The minimum atomic E-state index is -1.21. The van der Waals surface area contributed by atoms with Gasteiger partial charge in [0.1, 0.15) is 11.5 Å². The van der Waals surface area contributed by atoms with Gasteiger partial charge in [0.2, 0.25) is 5.91 Å². The zero-order valence-electron chi connectivity index (χ0n) is 12.6. The van der Waals surface area contributed by atoms with Crippen LogP contribution in [0.25, 0.3) is 11.2 Å². The number of nitrogens with zero attached hydrogens (tertiary/aromatic N) is 6. The number of aryl methyl sites for hydroxylation is 1. The molecular formula is C15H12ClN7O. The fourth-order valence-electron chi connectivity index (χ4n) is 2.35. The van der Waals surface area contributed by atoms with Gasteiger partial charge in [-0.05, 0) is 18.6 Å². The highest BCUT2D eigenvalue weighted by Gasteiger charge is 2.25. The third-order valence-corrected chi connectivity index (χ3v) is 3.84. The van der Waals surface area contributed by atoms with Crippen LogP contribution in [0.1, 0.15) is 23.0 Å². The van der Waals surface area contributed by atoms with E-state index in [1.54, 1.807) is 17.7 Å². The number of nitrogens with two attached hydrogens (primary N) is 1. The molecule has 0 fully saturated rings. The number of primary amides is 1. The summed E-state index contributed by atoms with van der Waals surface area (Å²) in [6, 6.07) is 9.19. The van der Waals surface area contributed by atoms with E-state index in [1.807, 2.05) is 24.3 Å². The molecule has 2 N–H and O–H groups in total. The van der Waals surface area contributed by atoms with Crippen LogP contribution in [0.4, 0.5) is 0 Å². The Bertz CT molecular complexity index is 976. The number of hydrogen-bond donors (Lipinski definition) is 1. The predicted molar refractivity (Wildman–Crippen MR) is 86.0 cm³/mol. The summed E-state index contributed by atoms with van der Waals surface area (Å²) in [5.41, 5.74) is 6.98. The molecule has 0 spiro atoms. The Hall–Kier alpha value is -3.05. The van der Waals surface area contributed by atoms with Crippen molar-refractivity contribution >= 4 is 28.7 Å². The van der Waals surface area contributed by atoms with Crippen LogP contribution < -0.4 is 5.73 Å². The molecule has 2 heterocycles. The van der Waals surface area contributed by atoms with Crippen molar-refractivity contribution in [3.05, 3.63) is 46.4 Å². The Morgan fingerprint density at radius 3 is 2.83 bits per heavy atom. The van der Waals surface area contributed by atoms with Gasteiger partial charge in [0, 0.05) is 5.02 Å². The Morgan fingerprint density at radius 2 is 2.17 bits per heavy atom. The summed E-state index contributed by atoms with van der Waals surface area (Å²) in [6.45, 7) is 2.01. The Balaban J connectivity index is 2.13. The summed E-state index contributed by atoms with van der Waals surface area (Å²) in [5.74, 6) is -1.61. The number of fused-ring (bicyclic) bond motifs is 1. The first-order valence-corrected chi connectivity index (χ1v) is 7.39. The van der Waals surface area contributed by atoms with E-state index in [4.69, 9.17) is 17.3 Å². The lowest BCUT2D eigenvalue weighted by Gasteiger charge is -2.07. The first kappa shape index (κ1) is 15.8. The molecule has 8 nitrogen and oxygen atoms in total. The highest BCUT2D eigenvalue weighted by Crippen LogP contribution is 2.22. The van der Waals surface area contributed by atoms with E-state index in [0.717, 1.165) is 5.56 Å². The second-order valence-electron chi connectivity index (χ2n) is 5.13. The molecule has 0 saturated heterocycles. The molecule has 0 aliphatic rings. The summed E-state index contributed by atoms with van der Waals surface area (Å²) in [5, 5.41) is 17.9. The van der Waals surface area contributed by atoms with Crippen molar-refractivity contribution in [3.8, 4) is 6.07 Å². The van der Waals surface area contributed by atoms with Crippen LogP contribution in [0.5, 0.6) is 0 Å². The van der Waals surface area contributed by atoms with Crippen molar-refractivity contribution in [1.29, 1.82) is 5.26 Å². The lowest BCUT2D eigenvalue weighted by Crippen LogP contribution is -2.22. The molecule has 1 unspecified atom stereocenters. The Kier molecular flexibility index (Phi) is 4.10. The fourth-order valence-corrected chi connectivity index (χ4v) is 2.54. The maximum absolute atomic E-state index is 11.5. The quantitative estimate of drug-likeness (QED) is 0.763. The van der Waals surface area contributed by atoms with Crippen molar-refractivity contribution in [3.63, 3.8) is 0 Å². The van der Waals surface area contributed by atoms with Gasteiger partial charge in [-0.3, -0.25) is 4.79 Å². The van der Waals surface area contributed by atoms with E-state index >= 15 is 0 Å². The monoisotopic (exact) mass is 341 g/mol. The van der Waals surface area contributed by atoms with Gasteiger partial charge in [0.05, 0.1) is 12.6 Å². The molecule has 3 aromatic rings. The van der Waals surface area contributed by atoms with Gasteiger partial charge in [-0.2, -0.15) is 5.26 Å². The maximum atomic E-state index is 11.5. The standard InChI is InChI=1S/C15H12ClN7O/c1-8-19-12(10(6-17)14(18)24)13-15(20-8)23(22-21-13)7-9-4-2-3-5-11(9)16/h2-5,10H,7H2,1H3,(H2,18,24). The Morgan fingerprint density at radius 1 is 1.42 bits per heavy atom. The number of nitriles is 1. The fraction of sp³-hybridized carbons (Fsp3) is 0.200. The van der Waals surface area contributed by atoms with Crippen LogP contribution >= 0.6 is 11.6 Å². The maximum Gasteiger partial charge on any atom is 0.241 e. The smallest absolute Gasteiger partial charge is 0.241 e. The molecule has 1 amide bonds. The predicted octanol–water partition coefficient (Wildman–Crippen LogP) is 1.32. The van der Waals surface area contributed by atoms with E-state index in [1.165, 1.54) is 0 Å². The van der Waals surface area contributed by atoms with E-state index in [9.17, 15) is 10.1 Å². The van der Waals surface area contributed by atoms with Crippen molar-refractivity contribution < 1.29 is 4.79 Å². The topological polar surface area (TPSA) is 123 Å². The molecule has 9 heteroatoms. The molecule has 120 valence electrons. The zero-order chi connectivity index (χ0) is 17.3. The lowest BCUT2D eigenvalue weighted by atomic mass is 10.1. The molecule has 0 aliphatic heterocycles. The second kappa shape index (κ2) is 6.22. The van der Waals surface area contributed by atoms with Gasteiger partial charge in [0.25, 0.3) is 0 Å². The summed E-state index contributed by atoms with van der Waals surface area (Å²) >= 11 is 6.17. The van der Waals surface area contributed by atoms with Crippen LogP contribution in [0, 0.1) is 18.3 Å². The minimum absolute atomic E-state index is 0.165. The minimum Gasteiger partial charge on any atom is -0.368 e. The average Bonchev–Trinajstić information content (AvgIpc) is 2.93. The number of carbonyl (C=O) groups is 1. The third-order valence-electron chi connectivity index (χ3n) is 3.47. The first-order chi connectivity index (χ1) is 11.5. The Labute approximate surface area is 141 Å². The number of hydrogen-bond acceptors (Lipinski definition) is 6. The summed E-state index contributed by atoms with van der Waals surface area (Å²) in [7, 11) is 0. The van der Waals surface area contributed by atoms with Crippen molar-refractivity contribution in [2.24, 2.45) is 5.73 Å². The molecule has 0 saturated carbocycles. The second-order valence-corrected chi connectivity index (χ2v) is 5.54. The number of aromatic nitrogens is 5. The SMILES string of the molecule is Cc1nc(C(C#N)C(N)=O)c2nnn(Cc3ccccc3Cl)c2n1. The highest BCUT2D eigenvalue weighted by atomic mass is 35.5. The van der Waals surface area contributed by atoms with Gasteiger partial charge >= 0.3 is 0 Å². The largest absolute Gasteiger partial charge is 0.368 e. The highest BCUT2D eigenvalue weighted by molar-refractivity contribution is 6.31. The molecule has 1 atom stereocenters. The molecule has 1 aromatic carbocycles. The lowest BCUT2D eigenvalue weighted by molar-refractivity contribution is -0.118. The number of rotatable bonds is 4. The van der Waals surface area contributed by atoms with Gasteiger partial charge in [-0.25, -0.2) is 14.6 Å². The van der Waals surface area contributed by atoms with Gasteiger partial charge in [-0.15, -0.1) is 5.10 Å². The van der Waals surface area contributed by atoms with Crippen LogP contribution in [-0.2, 0) is 11.3 Å². The van der Waals surface area contributed by atoms with Crippen molar-refractivity contribution in [2.45, 2.75) is 19.4 Å². The molecule has 0 bridgehead atoms. The van der Waals surface area contributed by atoms with Crippen LogP contribution in [-0.4, -0.2) is 30.9 Å². The summed E-state index contributed by atoms with van der Waals surface area (Å²) in [4.78, 5) is 20.0. The van der Waals surface area contributed by atoms with Gasteiger partial charge < -0.3 is 5.73 Å². The number of benzene rings is 1. The molecule has 3 rings (SSSR count). The van der Waals surface area contributed by atoms with Gasteiger partial charge in [-0.1, -0.05) is 35.0 Å². The number of carbonyl (C=O) groups excluding carboxylic acids is 1. The number of halogens is 1. The van der Waals surface area contributed by atoms with E-state index in [0.29, 0.717) is 23.0 Å². The molecule has 2 aromatic heterocycles. The van der Waals surface area contributed by atoms with Crippen LogP contribution in [0.3, 0.4) is 0 Å². The molecule has 24 heavy (non-hydrogen) atoms. The summed E-state index contributed by atoms with van der Waals surface area (Å²) in [6.07, 6.45) is 0.